The van der Waals surface area contributed by atoms with Crippen molar-refractivity contribution < 1.29 is 0 Å². The highest BCUT2D eigenvalue weighted by Crippen LogP contribution is 2.15. The van der Waals surface area contributed by atoms with Gasteiger partial charge in [-0.25, -0.2) is 0 Å². The van der Waals surface area contributed by atoms with E-state index in [1.54, 1.807) is 0 Å². The number of aryl methyl sites for hydroxylation is 1. The van der Waals surface area contributed by atoms with E-state index >= 15 is 0 Å². The van der Waals surface area contributed by atoms with Gasteiger partial charge in [0.05, 0.1) is 0 Å². The summed E-state index contributed by atoms with van der Waals surface area (Å²) in [6.07, 6.45) is 2.33. The summed E-state index contributed by atoms with van der Waals surface area (Å²) in [5.74, 6) is 0. The maximum absolute atomic E-state index is 3.65. The highest BCUT2D eigenvalue weighted by atomic mass is 79.9. The van der Waals surface area contributed by atoms with Gasteiger partial charge in [-0.05, 0) is 30.9 Å². The minimum Gasteiger partial charge on any atom is -0.0887 e. The Morgan fingerprint density at radius 3 is 2.58 bits per heavy atom. The summed E-state index contributed by atoms with van der Waals surface area (Å²) in [5.41, 5.74) is 2.86. The molecular formula is C11H15Br. The quantitative estimate of drug-likeness (QED) is 0.690. The zero-order chi connectivity index (χ0) is 8.97. The number of halogens is 1. The number of rotatable bonds is 3. The van der Waals surface area contributed by atoms with Gasteiger partial charge in [0.2, 0.25) is 0 Å². The number of benzene rings is 1. The average Bonchev–Trinajstić information content (AvgIpc) is 2.09. The Morgan fingerprint density at radius 1 is 1.33 bits per heavy atom. The molecule has 0 aliphatic carbocycles. The molecule has 0 N–H and O–H groups in total. The van der Waals surface area contributed by atoms with Gasteiger partial charge in [0.1, 0.15) is 0 Å². The maximum atomic E-state index is 3.65. The Hall–Kier alpha value is -0.300. The van der Waals surface area contributed by atoms with Gasteiger partial charge in [-0.3, -0.25) is 0 Å². The summed E-state index contributed by atoms with van der Waals surface area (Å²) in [6, 6.07) is 8.58. The Labute approximate surface area is 83.1 Å². The lowest BCUT2D eigenvalue weighted by molar-refractivity contribution is 0.825. The number of alkyl halides is 1. The van der Waals surface area contributed by atoms with Crippen molar-refractivity contribution in [1.29, 1.82) is 0 Å². The van der Waals surface area contributed by atoms with Crippen LogP contribution in [0.4, 0.5) is 0 Å². The molecule has 66 valence electrons. The molecule has 0 saturated carbocycles. The summed E-state index contributed by atoms with van der Waals surface area (Å²) in [7, 11) is 0. The third-order valence-corrected chi connectivity index (χ3v) is 3.12. The molecule has 12 heavy (non-hydrogen) atoms. The highest BCUT2D eigenvalue weighted by Gasteiger charge is 2.03. The average molecular weight is 227 g/mol. The summed E-state index contributed by atoms with van der Waals surface area (Å²) >= 11 is 3.65. The molecule has 0 aliphatic heterocycles. The predicted octanol–water partition coefficient (Wildman–Crippen LogP) is 3.71. The normalized spacial score (nSPS) is 12.9. The molecule has 0 aliphatic rings. The van der Waals surface area contributed by atoms with Crippen LogP contribution in [0.15, 0.2) is 24.3 Å². The SMILES string of the molecule is CCC(Br)Cc1ccccc1C. The van der Waals surface area contributed by atoms with Crippen molar-refractivity contribution >= 4 is 15.9 Å². The van der Waals surface area contributed by atoms with E-state index in [1.807, 2.05) is 0 Å². The Bertz CT molecular complexity index is 243. The molecule has 1 atom stereocenters. The maximum Gasteiger partial charge on any atom is 0.0183 e. The van der Waals surface area contributed by atoms with E-state index in [4.69, 9.17) is 0 Å². The molecule has 0 radical (unpaired) electrons. The van der Waals surface area contributed by atoms with Crippen LogP contribution >= 0.6 is 15.9 Å². The molecule has 0 saturated heterocycles. The Kier molecular flexibility index (Phi) is 3.80. The van der Waals surface area contributed by atoms with E-state index in [0.29, 0.717) is 4.83 Å². The van der Waals surface area contributed by atoms with Crippen LogP contribution in [0, 0.1) is 6.92 Å². The van der Waals surface area contributed by atoms with E-state index in [0.717, 1.165) is 6.42 Å². The van der Waals surface area contributed by atoms with E-state index in [-0.39, 0.29) is 0 Å². The van der Waals surface area contributed by atoms with Crippen molar-refractivity contribution in [2.45, 2.75) is 31.5 Å². The molecular weight excluding hydrogens is 212 g/mol. The zero-order valence-corrected chi connectivity index (χ0v) is 9.26. The standard InChI is InChI=1S/C11H15Br/c1-3-11(12)8-10-7-5-4-6-9(10)2/h4-7,11H,3,8H2,1-2H3. The lowest BCUT2D eigenvalue weighted by Gasteiger charge is -2.08. The van der Waals surface area contributed by atoms with Crippen LogP contribution in [0.3, 0.4) is 0 Å². The van der Waals surface area contributed by atoms with E-state index in [9.17, 15) is 0 Å². The summed E-state index contributed by atoms with van der Waals surface area (Å²) in [4.78, 5) is 0.624. The number of hydrogen-bond acceptors (Lipinski definition) is 0. The van der Waals surface area contributed by atoms with Crippen LogP contribution in [0.1, 0.15) is 24.5 Å². The summed E-state index contributed by atoms with van der Waals surface area (Å²) in [6.45, 7) is 4.38. The van der Waals surface area contributed by atoms with Crippen molar-refractivity contribution in [2.75, 3.05) is 0 Å². The monoisotopic (exact) mass is 226 g/mol. The lowest BCUT2D eigenvalue weighted by Crippen LogP contribution is -2.01. The largest absolute Gasteiger partial charge is 0.0887 e. The second-order valence-corrected chi connectivity index (χ2v) is 4.43. The third-order valence-electron chi connectivity index (χ3n) is 2.15. The van der Waals surface area contributed by atoms with Crippen molar-refractivity contribution in [3.05, 3.63) is 35.4 Å². The van der Waals surface area contributed by atoms with Crippen LogP contribution in [0.5, 0.6) is 0 Å². The van der Waals surface area contributed by atoms with Gasteiger partial charge in [-0.1, -0.05) is 47.1 Å². The second kappa shape index (κ2) is 4.66. The smallest absolute Gasteiger partial charge is 0.0183 e. The molecule has 0 fully saturated rings. The highest BCUT2D eigenvalue weighted by molar-refractivity contribution is 9.09. The summed E-state index contributed by atoms with van der Waals surface area (Å²) in [5, 5.41) is 0. The van der Waals surface area contributed by atoms with Gasteiger partial charge < -0.3 is 0 Å². The first-order valence-corrected chi connectivity index (χ1v) is 5.34. The molecule has 1 aromatic rings. The molecule has 1 unspecified atom stereocenters. The van der Waals surface area contributed by atoms with Gasteiger partial charge >= 0.3 is 0 Å². The first kappa shape index (κ1) is 9.79. The van der Waals surface area contributed by atoms with E-state index in [1.165, 1.54) is 17.5 Å². The molecule has 0 spiro atoms. The van der Waals surface area contributed by atoms with Crippen molar-refractivity contribution in [3.63, 3.8) is 0 Å². The molecule has 0 aromatic heterocycles. The van der Waals surface area contributed by atoms with Gasteiger partial charge in [-0.2, -0.15) is 0 Å². The molecule has 1 aromatic carbocycles. The Morgan fingerprint density at radius 2 is 2.00 bits per heavy atom. The van der Waals surface area contributed by atoms with Crippen molar-refractivity contribution in [3.8, 4) is 0 Å². The first-order chi connectivity index (χ1) is 5.74. The van der Waals surface area contributed by atoms with Crippen LogP contribution in [-0.4, -0.2) is 4.83 Å². The molecule has 0 nitrogen and oxygen atoms in total. The predicted molar refractivity (Wildman–Crippen MR) is 57.9 cm³/mol. The number of hydrogen-bond donors (Lipinski definition) is 0. The third kappa shape index (κ3) is 2.63. The molecule has 0 amide bonds. The minimum atomic E-state index is 0.624. The van der Waals surface area contributed by atoms with Crippen molar-refractivity contribution in [1.82, 2.24) is 0 Å². The second-order valence-electron chi connectivity index (χ2n) is 3.14. The Balaban J connectivity index is 2.69. The van der Waals surface area contributed by atoms with Gasteiger partial charge in [0.25, 0.3) is 0 Å². The minimum absolute atomic E-state index is 0.624. The van der Waals surface area contributed by atoms with Crippen molar-refractivity contribution in [2.24, 2.45) is 0 Å². The van der Waals surface area contributed by atoms with Crippen LogP contribution in [-0.2, 0) is 6.42 Å². The molecule has 0 bridgehead atoms. The lowest BCUT2D eigenvalue weighted by atomic mass is 10.0. The summed E-state index contributed by atoms with van der Waals surface area (Å²) < 4.78 is 0. The molecule has 1 heteroatoms. The van der Waals surface area contributed by atoms with E-state index < -0.39 is 0 Å². The van der Waals surface area contributed by atoms with Crippen LogP contribution in [0.2, 0.25) is 0 Å². The van der Waals surface area contributed by atoms with Gasteiger partial charge in [0, 0.05) is 4.83 Å². The fraction of sp³-hybridized carbons (Fsp3) is 0.455. The van der Waals surface area contributed by atoms with Crippen LogP contribution in [0.25, 0.3) is 0 Å². The van der Waals surface area contributed by atoms with Gasteiger partial charge in [0.15, 0.2) is 0 Å². The van der Waals surface area contributed by atoms with Crippen LogP contribution < -0.4 is 0 Å². The topological polar surface area (TPSA) is 0 Å². The fourth-order valence-corrected chi connectivity index (χ4v) is 1.57. The molecule has 1 rings (SSSR count). The molecule has 0 heterocycles. The van der Waals surface area contributed by atoms with E-state index in [2.05, 4.69) is 54.0 Å². The zero-order valence-electron chi connectivity index (χ0n) is 7.68. The first-order valence-electron chi connectivity index (χ1n) is 4.42. The fourth-order valence-electron chi connectivity index (χ4n) is 1.22. The van der Waals surface area contributed by atoms with Gasteiger partial charge in [-0.15, -0.1) is 0 Å².